The van der Waals surface area contributed by atoms with Gasteiger partial charge in [-0.1, -0.05) is 23.7 Å². The molecule has 0 saturated carbocycles. The van der Waals surface area contributed by atoms with Gasteiger partial charge in [-0.25, -0.2) is 0 Å². The maximum atomic E-state index is 8.80. The van der Waals surface area contributed by atoms with Crippen molar-refractivity contribution >= 4 is 11.6 Å². The summed E-state index contributed by atoms with van der Waals surface area (Å²) in [5.74, 6) is 0. The van der Waals surface area contributed by atoms with Gasteiger partial charge in [-0.2, -0.15) is 0 Å². The van der Waals surface area contributed by atoms with Gasteiger partial charge in [-0.15, -0.1) is 0 Å². The van der Waals surface area contributed by atoms with Crippen molar-refractivity contribution in [3.8, 4) is 0 Å². The molecular weight excluding hydrogens is 186 g/mol. The Morgan fingerprint density at radius 2 is 2.23 bits per heavy atom. The Bertz CT molecular complexity index is 288. The molecule has 1 aromatic carbocycles. The van der Waals surface area contributed by atoms with E-state index in [1.165, 1.54) is 0 Å². The molecule has 1 unspecified atom stereocenters. The lowest BCUT2D eigenvalue weighted by molar-refractivity contribution is 0.265. The molecule has 0 aliphatic carbocycles. The molecule has 0 spiro atoms. The van der Waals surface area contributed by atoms with E-state index in [-0.39, 0.29) is 12.6 Å². The molecule has 13 heavy (non-hydrogen) atoms. The Labute approximate surface area is 83.3 Å². The maximum Gasteiger partial charge on any atom is 0.0585 e. The first-order chi connectivity index (χ1) is 6.15. The quantitative estimate of drug-likeness (QED) is 0.776. The minimum Gasteiger partial charge on any atom is -0.395 e. The van der Waals surface area contributed by atoms with Gasteiger partial charge in [-0.3, -0.25) is 0 Å². The van der Waals surface area contributed by atoms with Crippen molar-refractivity contribution in [2.75, 3.05) is 6.61 Å². The highest BCUT2D eigenvalue weighted by Gasteiger charge is 2.06. The number of aliphatic hydroxyl groups is 1. The van der Waals surface area contributed by atoms with Gasteiger partial charge in [-0.05, 0) is 30.5 Å². The van der Waals surface area contributed by atoms with Crippen molar-refractivity contribution in [1.82, 2.24) is 0 Å². The van der Waals surface area contributed by atoms with E-state index in [4.69, 9.17) is 22.4 Å². The van der Waals surface area contributed by atoms with E-state index in [1.54, 1.807) is 0 Å². The number of nitrogens with two attached hydrogens (primary N) is 1. The Kier molecular flexibility index (Phi) is 3.72. The molecule has 0 bridgehead atoms. The molecule has 0 radical (unpaired) electrons. The molecular formula is C10H14ClNO. The molecule has 1 atom stereocenters. The number of rotatable bonds is 3. The average molecular weight is 200 g/mol. The smallest absolute Gasteiger partial charge is 0.0585 e. The van der Waals surface area contributed by atoms with E-state index in [0.29, 0.717) is 6.42 Å². The lowest BCUT2D eigenvalue weighted by atomic mass is 10.0. The van der Waals surface area contributed by atoms with Gasteiger partial charge in [0.25, 0.3) is 0 Å². The minimum absolute atomic E-state index is 0.00591. The molecule has 1 rings (SSSR count). The molecule has 2 nitrogen and oxygen atoms in total. The third kappa shape index (κ3) is 2.69. The number of aliphatic hydroxyl groups excluding tert-OH is 1. The lowest BCUT2D eigenvalue weighted by Crippen LogP contribution is -2.27. The van der Waals surface area contributed by atoms with Crippen LogP contribution in [-0.2, 0) is 6.42 Å². The summed E-state index contributed by atoms with van der Waals surface area (Å²) >= 11 is 5.94. The standard InChI is InChI=1S/C10H14ClNO/c1-7-8(5-9(12)6-13)3-2-4-10(7)11/h2-4,9,13H,5-6,12H2,1H3. The highest BCUT2D eigenvalue weighted by molar-refractivity contribution is 6.31. The van der Waals surface area contributed by atoms with Crippen LogP contribution in [0.2, 0.25) is 5.02 Å². The van der Waals surface area contributed by atoms with Gasteiger partial charge in [0.2, 0.25) is 0 Å². The van der Waals surface area contributed by atoms with Gasteiger partial charge in [0.05, 0.1) is 6.61 Å². The largest absolute Gasteiger partial charge is 0.395 e. The van der Waals surface area contributed by atoms with Crippen LogP contribution in [0.1, 0.15) is 11.1 Å². The summed E-state index contributed by atoms with van der Waals surface area (Å²) in [6.07, 6.45) is 0.670. The average Bonchev–Trinajstić information content (AvgIpc) is 2.13. The van der Waals surface area contributed by atoms with E-state index in [9.17, 15) is 0 Å². The van der Waals surface area contributed by atoms with Gasteiger partial charge in [0.1, 0.15) is 0 Å². The summed E-state index contributed by atoms with van der Waals surface area (Å²) in [5.41, 5.74) is 7.79. The zero-order valence-electron chi connectivity index (χ0n) is 7.63. The summed E-state index contributed by atoms with van der Waals surface area (Å²) in [5, 5.41) is 9.55. The zero-order valence-corrected chi connectivity index (χ0v) is 8.38. The Hall–Kier alpha value is -0.570. The molecule has 0 heterocycles. The molecule has 0 aromatic heterocycles. The third-order valence-corrected chi connectivity index (χ3v) is 2.51. The number of hydrogen-bond donors (Lipinski definition) is 2. The van der Waals surface area contributed by atoms with Crippen molar-refractivity contribution in [1.29, 1.82) is 0 Å². The monoisotopic (exact) mass is 199 g/mol. The van der Waals surface area contributed by atoms with E-state index in [0.717, 1.165) is 16.1 Å². The zero-order chi connectivity index (χ0) is 9.84. The van der Waals surface area contributed by atoms with Crippen molar-refractivity contribution in [3.63, 3.8) is 0 Å². The van der Waals surface area contributed by atoms with Gasteiger partial charge >= 0.3 is 0 Å². The summed E-state index contributed by atoms with van der Waals surface area (Å²) < 4.78 is 0. The molecule has 0 aliphatic heterocycles. The van der Waals surface area contributed by atoms with Crippen LogP contribution in [0.4, 0.5) is 0 Å². The molecule has 72 valence electrons. The van der Waals surface area contributed by atoms with E-state index < -0.39 is 0 Å². The molecule has 0 saturated heterocycles. The summed E-state index contributed by atoms with van der Waals surface area (Å²) in [4.78, 5) is 0. The van der Waals surface area contributed by atoms with Gasteiger partial charge in [0, 0.05) is 11.1 Å². The number of halogens is 1. The number of benzene rings is 1. The van der Waals surface area contributed by atoms with Crippen LogP contribution in [-0.4, -0.2) is 17.8 Å². The molecule has 0 fully saturated rings. The second-order valence-electron chi connectivity index (χ2n) is 3.17. The van der Waals surface area contributed by atoms with Crippen LogP contribution in [0.3, 0.4) is 0 Å². The van der Waals surface area contributed by atoms with Crippen molar-refractivity contribution in [2.24, 2.45) is 5.73 Å². The fraction of sp³-hybridized carbons (Fsp3) is 0.400. The Morgan fingerprint density at radius 3 is 2.85 bits per heavy atom. The van der Waals surface area contributed by atoms with Crippen LogP contribution >= 0.6 is 11.6 Å². The molecule has 1 aromatic rings. The number of hydrogen-bond acceptors (Lipinski definition) is 2. The predicted molar refractivity (Wildman–Crippen MR) is 55.0 cm³/mol. The summed E-state index contributed by atoms with van der Waals surface area (Å²) in [7, 11) is 0. The second-order valence-corrected chi connectivity index (χ2v) is 3.58. The van der Waals surface area contributed by atoms with E-state index in [2.05, 4.69) is 0 Å². The van der Waals surface area contributed by atoms with Crippen LogP contribution in [0.15, 0.2) is 18.2 Å². The first-order valence-corrected chi connectivity index (χ1v) is 4.63. The first kappa shape index (κ1) is 10.5. The first-order valence-electron chi connectivity index (χ1n) is 4.25. The minimum atomic E-state index is -0.197. The maximum absolute atomic E-state index is 8.80. The van der Waals surface area contributed by atoms with Crippen molar-refractivity contribution in [3.05, 3.63) is 34.3 Å². The van der Waals surface area contributed by atoms with E-state index >= 15 is 0 Å². The predicted octanol–water partition coefficient (Wildman–Crippen LogP) is 1.51. The molecule has 3 N–H and O–H groups in total. The fourth-order valence-corrected chi connectivity index (χ4v) is 1.41. The summed E-state index contributed by atoms with van der Waals surface area (Å²) in [6, 6.07) is 5.54. The van der Waals surface area contributed by atoms with Crippen molar-refractivity contribution < 1.29 is 5.11 Å². The van der Waals surface area contributed by atoms with Crippen LogP contribution in [0, 0.1) is 6.92 Å². The normalized spacial score (nSPS) is 12.9. The fourth-order valence-electron chi connectivity index (χ4n) is 1.22. The SMILES string of the molecule is Cc1c(Cl)cccc1CC(N)CO. The van der Waals surface area contributed by atoms with Gasteiger partial charge in [0.15, 0.2) is 0 Å². The van der Waals surface area contributed by atoms with Gasteiger partial charge < -0.3 is 10.8 Å². The van der Waals surface area contributed by atoms with Crippen LogP contribution in [0.5, 0.6) is 0 Å². The lowest BCUT2D eigenvalue weighted by Gasteiger charge is -2.11. The van der Waals surface area contributed by atoms with Crippen molar-refractivity contribution in [2.45, 2.75) is 19.4 Å². The summed E-state index contributed by atoms with van der Waals surface area (Å²) in [6.45, 7) is 1.97. The highest BCUT2D eigenvalue weighted by atomic mass is 35.5. The Balaban J connectivity index is 2.83. The van der Waals surface area contributed by atoms with Crippen LogP contribution < -0.4 is 5.73 Å². The molecule has 0 amide bonds. The Morgan fingerprint density at radius 1 is 1.54 bits per heavy atom. The third-order valence-electron chi connectivity index (χ3n) is 2.10. The van der Waals surface area contributed by atoms with E-state index in [1.807, 2.05) is 25.1 Å². The molecule has 0 aliphatic rings. The molecule has 3 heteroatoms. The van der Waals surface area contributed by atoms with Crippen LogP contribution in [0.25, 0.3) is 0 Å². The highest BCUT2D eigenvalue weighted by Crippen LogP contribution is 2.19. The topological polar surface area (TPSA) is 46.2 Å². The second kappa shape index (κ2) is 4.61.